The Morgan fingerprint density at radius 3 is 2.52 bits per heavy atom. The fourth-order valence-corrected chi connectivity index (χ4v) is 2.46. The molecule has 0 saturated heterocycles. The summed E-state index contributed by atoms with van der Waals surface area (Å²) >= 11 is 3.30. The lowest BCUT2D eigenvalue weighted by Gasteiger charge is -2.27. The summed E-state index contributed by atoms with van der Waals surface area (Å²) in [6, 6.07) is 6.69. The fraction of sp³-hybridized carbons (Fsp3) is 0.467. The molecule has 0 saturated carbocycles. The van der Waals surface area contributed by atoms with E-state index in [1.807, 2.05) is 6.92 Å². The van der Waals surface area contributed by atoms with Crippen molar-refractivity contribution in [1.29, 1.82) is 0 Å². The third-order valence-corrected chi connectivity index (χ3v) is 3.63. The first kappa shape index (κ1) is 17.7. The summed E-state index contributed by atoms with van der Waals surface area (Å²) in [4.78, 5) is 24.2. The number of halogens is 1. The Hall–Kier alpha value is -1.40. The Morgan fingerprint density at radius 2 is 2.00 bits per heavy atom. The van der Waals surface area contributed by atoms with Crippen molar-refractivity contribution in [3.8, 4) is 0 Å². The van der Waals surface area contributed by atoms with Crippen molar-refractivity contribution in [2.75, 3.05) is 19.8 Å². The fourth-order valence-electron chi connectivity index (χ4n) is 2.06. The monoisotopic (exact) mass is 358 g/mol. The number of hydrogen-bond acceptors (Lipinski definition) is 4. The SMILES string of the molecule is CCOCCC(C(=O)O)(C(=O)OCC)c1cccc(Br)c1. The van der Waals surface area contributed by atoms with Crippen LogP contribution < -0.4 is 0 Å². The van der Waals surface area contributed by atoms with E-state index in [4.69, 9.17) is 9.47 Å². The van der Waals surface area contributed by atoms with E-state index in [1.54, 1.807) is 31.2 Å². The number of carboxylic acid groups (broad SMARTS) is 1. The zero-order valence-electron chi connectivity index (χ0n) is 12.1. The summed E-state index contributed by atoms with van der Waals surface area (Å²) in [6.45, 7) is 4.20. The first-order valence-electron chi connectivity index (χ1n) is 6.73. The number of benzene rings is 1. The van der Waals surface area contributed by atoms with Gasteiger partial charge < -0.3 is 14.6 Å². The summed E-state index contributed by atoms with van der Waals surface area (Å²) in [6.07, 6.45) is 0.0193. The zero-order chi connectivity index (χ0) is 15.9. The van der Waals surface area contributed by atoms with Crippen molar-refractivity contribution in [2.45, 2.75) is 25.7 Å². The second-order valence-corrected chi connectivity index (χ2v) is 5.30. The van der Waals surface area contributed by atoms with E-state index >= 15 is 0 Å². The number of carbonyl (C=O) groups excluding carboxylic acids is 1. The van der Waals surface area contributed by atoms with Crippen LogP contribution in [0.15, 0.2) is 28.7 Å². The largest absolute Gasteiger partial charge is 0.480 e. The van der Waals surface area contributed by atoms with Gasteiger partial charge in [0, 0.05) is 24.1 Å². The zero-order valence-corrected chi connectivity index (χ0v) is 13.7. The predicted molar refractivity (Wildman–Crippen MR) is 81.2 cm³/mol. The highest BCUT2D eigenvalue weighted by atomic mass is 79.9. The van der Waals surface area contributed by atoms with E-state index < -0.39 is 17.4 Å². The van der Waals surface area contributed by atoms with Crippen molar-refractivity contribution in [3.63, 3.8) is 0 Å². The van der Waals surface area contributed by atoms with Crippen LogP contribution in [0.5, 0.6) is 0 Å². The van der Waals surface area contributed by atoms with Gasteiger partial charge in [-0.3, -0.25) is 9.59 Å². The molecule has 1 aromatic rings. The summed E-state index contributed by atoms with van der Waals surface area (Å²) in [5.74, 6) is -2.01. The van der Waals surface area contributed by atoms with Crippen LogP contribution in [-0.2, 0) is 24.5 Å². The lowest BCUT2D eigenvalue weighted by atomic mass is 9.77. The van der Waals surface area contributed by atoms with Gasteiger partial charge in [0.15, 0.2) is 5.41 Å². The quantitative estimate of drug-likeness (QED) is 0.439. The third-order valence-electron chi connectivity index (χ3n) is 3.13. The van der Waals surface area contributed by atoms with Crippen LogP contribution in [0.3, 0.4) is 0 Å². The van der Waals surface area contributed by atoms with Crippen LogP contribution in [0.4, 0.5) is 0 Å². The van der Waals surface area contributed by atoms with Crippen LogP contribution in [-0.4, -0.2) is 36.9 Å². The molecule has 1 unspecified atom stereocenters. The molecule has 21 heavy (non-hydrogen) atoms. The van der Waals surface area contributed by atoms with Crippen LogP contribution in [0.1, 0.15) is 25.8 Å². The number of carboxylic acids is 1. The molecule has 0 radical (unpaired) electrons. The van der Waals surface area contributed by atoms with Gasteiger partial charge in [0.05, 0.1) is 6.61 Å². The molecule has 116 valence electrons. The molecule has 1 rings (SSSR count). The maximum Gasteiger partial charge on any atom is 0.328 e. The summed E-state index contributed by atoms with van der Waals surface area (Å²) in [5.41, 5.74) is -1.38. The second kappa shape index (κ2) is 8.14. The van der Waals surface area contributed by atoms with Gasteiger partial charge in [-0.25, -0.2) is 0 Å². The average molecular weight is 359 g/mol. The Labute approximate surface area is 132 Å². The minimum atomic E-state index is -1.75. The smallest absolute Gasteiger partial charge is 0.328 e. The number of carbonyl (C=O) groups is 2. The second-order valence-electron chi connectivity index (χ2n) is 4.39. The third kappa shape index (κ3) is 4.04. The maximum absolute atomic E-state index is 12.3. The van der Waals surface area contributed by atoms with Crippen LogP contribution in [0.2, 0.25) is 0 Å². The molecule has 0 aliphatic heterocycles. The summed E-state index contributed by atoms with van der Waals surface area (Å²) in [7, 11) is 0. The maximum atomic E-state index is 12.3. The predicted octanol–water partition coefficient (Wildman–Crippen LogP) is 2.76. The molecule has 0 heterocycles. The summed E-state index contributed by atoms with van der Waals surface area (Å²) in [5, 5.41) is 9.69. The molecule has 0 amide bonds. The van der Waals surface area contributed by atoms with E-state index in [1.165, 1.54) is 0 Å². The molecule has 1 N–H and O–H groups in total. The normalized spacial score (nSPS) is 13.5. The van der Waals surface area contributed by atoms with Gasteiger partial charge in [0.1, 0.15) is 0 Å². The van der Waals surface area contributed by atoms with Crippen molar-refractivity contribution < 1.29 is 24.2 Å². The molecule has 0 spiro atoms. The molecule has 6 heteroatoms. The van der Waals surface area contributed by atoms with Crippen LogP contribution in [0, 0.1) is 0 Å². The van der Waals surface area contributed by atoms with E-state index in [0.717, 1.165) is 0 Å². The highest BCUT2D eigenvalue weighted by Gasteiger charge is 2.49. The molecule has 0 aliphatic rings. The highest BCUT2D eigenvalue weighted by molar-refractivity contribution is 9.10. The minimum Gasteiger partial charge on any atom is -0.480 e. The van der Waals surface area contributed by atoms with Gasteiger partial charge in [0.25, 0.3) is 0 Å². The van der Waals surface area contributed by atoms with Gasteiger partial charge in [0.2, 0.25) is 0 Å². The Kier molecular flexibility index (Phi) is 6.84. The number of esters is 1. The van der Waals surface area contributed by atoms with Crippen molar-refractivity contribution in [3.05, 3.63) is 34.3 Å². The van der Waals surface area contributed by atoms with Gasteiger partial charge in [-0.05, 0) is 31.5 Å². The molecule has 5 nitrogen and oxygen atoms in total. The van der Waals surface area contributed by atoms with Crippen molar-refractivity contribution in [2.24, 2.45) is 0 Å². The van der Waals surface area contributed by atoms with Gasteiger partial charge in [-0.15, -0.1) is 0 Å². The topological polar surface area (TPSA) is 72.8 Å². The lowest BCUT2D eigenvalue weighted by Crippen LogP contribution is -2.46. The Balaban J connectivity index is 3.29. The molecule has 0 bridgehead atoms. The van der Waals surface area contributed by atoms with Crippen molar-refractivity contribution in [1.82, 2.24) is 0 Å². The standard InChI is InChI=1S/C15H19BrO5/c1-3-20-9-8-15(13(17)18,14(19)21-4-2)11-6-5-7-12(16)10-11/h5-7,10H,3-4,8-9H2,1-2H3,(H,17,18). The lowest BCUT2D eigenvalue weighted by molar-refractivity contribution is -0.162. The molecule has 0 aromatic heterocycles. The number of hydrogen-bond donors (Lipinski definition) is 1. The van der Waals surface area contributed by atoms with E-state index in [0.29, 0.717) is 16.6 Å². The van der Waals surface area contributed by atoms with Gasteiger partial charge in [-0.1, -0.05) is 28.1 Å². The Bertz CT molecular complexity index is 503. The highest BCUT2D eigenvalue weighted by Crippen LogP contribution is 2.32. The van der Waals surface area contributed by atoms with Crippen LogP contribution in [0.25, 0.3) is 0 Å². The molecule has 0 fully saturated rings. The number of ether oxygens (including phenoxy) is 2. The average Bonchev–Trinajstić information content (AvgIpc) is 2.43. The van der Waals surface area contributed by atoms with Crippen LogP contribution >= 0.6 is 15.9 Å². The first-order chi connectivity index (χ1) is 9.98. The minimum absolute atomic E-state index is 0.0193. The molecule has 1 atom stereocenters. The van der Waals surface area contributed by atoms with E-state index in [2.05, 4.69) is 15.9 Å². The summed E-state index contributed by atoms with van der Waals surface area (Å²) < 4.78 is 10.9. The molecular weight excluding hydrogens is 340 g/mol. The van der Waals surface area contributed by atoms with E-state index in [-0.39, 0.29) is 19.6 Å². The first-order valence-corrected chi connectivity index (χ1v) is 7.52. The van der Waals surface area contributed by atoms with Gasteiger partial charge >= 0.3 is 11.9 Å². The molecule has 1 aromatic carbocycles. The number of aliphatic carboxylic acids is 1. The van der Waals surface area contributed by atoms with Gasteiger partial charge in [-0.2, -0.15) is 0 Å². The number of rotatable bonds is 8. The van der Waals surface area contributed by atoms with Crippen molar-refractivity contribution >= 4 is 27.9 Å². The molecule has 0 aliphatic carbocycles. The Morgan fingerprint density at radius 1 is 1.29 bits per heavy atom. The van der Waals surface area contributed by atoms with E-state index in [9.17, 15) is 14.7 Å². The molecular formula is C15H19BrO5.